The van der Waals surface area contributed by atoms with Crippen LogP contribution in [0.3, 0.4) is 0 Å². The van der Waals surface area contributed by atoms with Crippen LogP contribution < -0.4 is 0 Å². The highest BCUT2D eigenvalue weighted by Gasteiger charge is 2.49. The van der Waals surface area contributed by atoms with Crippen LogP contribution in [0.2, 0.25) is 0 Å². The Bertz CT molecular complexity index is 362. The summed E-state index contributed by atoms with van der Waals surface area (Å²) in [4.78, 5) is 24.3. The van der Waals surface area contributed by atoms with Crippen molar-refractivity contribution in [2.24, 2.45) is 5.41 Å². The minimum atomic E-state index is -0.910. The molecule has 2 fully saturated rings. The first-order chi connectivity index (χ1) is 10.2. The van der Waals surface area contributed by atoms with E-state index in [1.807, 2.05) is 0 Å². The third-order valence-electron chi connectivity index (χ3n) is 4.40. The normalized spacial score (nSPS) is 29.6. The molecule has 1 aliphatic heterocycles. The predicted octanol–water partition coefficient (Wildman–Crippen LogP) is 2.61. The lowest BCUT2D eigenvalue weighted by Gasteiger charge is -2.26. The molecule has 5 heteroatoms. The fraction of sp³-hybridized carbons (Fsp3) is 0.875. The maximum absolute atomic E-state index is 12.2. The van der Waals surface area contributed by atoms with Gasteiger partial charge in [-0.15, -0.1) is 0 Å². The number of esters is 1. The molecule has 2 aliphatic rings. The first-order valence-electron chi connectivity index (χ1n) is 8.13. The molecule has 1 saturated heterocycles. The number of hydrogen-bond donors (Lipinski definition) is 0. The summed E-state index contributed by atoms with van der Waals surface area (Å²) in [6.07, 6.45) is 6.15. The van der Waals surface area contributed by atoms with E-state index in [1.54, 1.807) is 6.92 Å². The van der Waals surface area contributed by atoms with Crippen LogP contribution in [-0.4, -0.2) is 37.9 Å². The van der Waals surface area contributed by atoms with Crippen LogP contribution in [0.4, 0.5) is 0 Å². The van der Waals surface area contributed by atoms with Crippen LogP contribution >= 0.6 is 0 Å². The van der Waals surface area contributed by atoms with Crippen LogP contribution in [0.5, 0.6) is 0 Å². The van der Waals surface area contributed by atoms with Crippen molar-refractivity contribution < 1.29 is 23.8 Å². The summed E-state index contributed by atoms with van der Waals surface area (Å²) in [5.74, 6) is -0.309. The predicted molar refractivity (Wildman–Crippen MR) is 76.7 cm³/mol. The fourth-order valence-corrected chi connectivity index (χ4v) is 3.21. The van der Waals surface area contributed by atoms with Crippen molar-refractivity contribution in [3.63, 3.8) is 0 Å². The smallest absolute Gasteiger partial charge is 0.319 e. The van der Waals surface area contributed by atoms with E-state index >= 15 is 0 Å². The number of ketones is 1. The van der Waals surface area contributed by atoms with Crippen molar-refractivity contribution in [2.45, 2.75) is 64.6 Å². The van der Waals surface area contributed by atoms with E-state index in [-0.39, 0.29) is 18.0 Å². The van der Waals surface area contributed by atoms with Gasteiger partial charge in [0.05, 0.1) is 6.61 Å². The van der Waals surface area contributed by atoms with Gasteiger partial charge in [-0.25, -0.2) is 0 Å². The standard InChI is InChI=1S/C16H26O5/c1-2-19-15(18)16(9-5-7-13(16)17)10-6-12-21-14-8-3-4-11-20-14/h14H,2-12H2,1H3. The fourth-order valence-electron chi connectivity index (χ4n) is 3.21. The molecule has 0 aromatic carbocycles. The number of carbonyl (C=O) groups excluding carboxylic acids is 2. The second-order valence-electron chi connectivity index (χ2n) is 5.85. The molecule has 1 heterocycles. The van der Waals surface area contributed by atoms with E-state index in [9.17, 15) is 9.59 Å². The first-order valence-corrected chi connectivity index (χ1v) is 8.13. The van der Waals surface area contributed by atoms with E-state index in [1.165, 1.54) is 0 Å². The van der Waals surface area contributed by atoms with Gasteiger partial charge in [-0.2, -0.15) is 0 Å². The quantitative estimate of drug-likeness (QED) is 0.411. The lowest BCUT2D eigenvalue weighted by Crippen LogP contribution is -2.37. The van der Waals surface area contributed by atoms with Crippen LogP contribution in [0.25, 0.3) is 0 Å². The molecule has 2 atom stereocenters. The molecule has 0 aromatic heterocycles. The van der Waals surface area contributed by atoms with Gasteiger partial charge >= 0.3 is 5.97 Å². The number of ether oxygens (including phenoxy) is 3. The van der Waals surface area contributed by atoms with E-state index in [4.69, 9.17) is 14.2 Å². The molecule has 2 rings (SSSR count). The minimum Gasteiger partial charge on any atom is -0.465 e. The molecule has 1 aliphatic carbocycles. The lowest BCUT2D eigenvalue weighted by atomic mass is 9.80. The number of hydrogen-bond acceptors (Lipinski definition) is 5. The van der Waals surface area contributed by atoms with Crippen molar-refractivity contribution in [3.05, 3.63) is 0 Å². The molecule has 0 spiro atoms. The molecular weight excluding hydrogens is 272 g/mol. The Morgan fingerprint density at radius 2 is 2.24 bits per heavy atom. The van der Waals surface area contributed by atoms with Crippen molar-refractivity contribution in [3.8, 4) is 0 Å². The van der Waals surface area contributed by atoms with E-state index < -0.39 is 5.41 Å². The zero-order chi connectivity index (χ0) is 15.1. The molecule has 1 saturated carbocycles. The molecule has 0 amide bonds. The SMILES string of the molecule is CCOC(=O)C1(CCCOC2CCCCO2)CCCC1=O. The molecule has 21 heavy (non-hydrogen) atoms. The highest BCUT2D eigenvalue weighted by Crippen LogP contribution is 2.40. The largest absolute Gasteiger partial charge is 0.465 e. The lowest BCUT2D eigenvalue weighted by molar-refractivity contribution is -0.166. The number of carbonyl (C=O) groups is 2. The van der Waals surface area contributed by atoms with Crippen LogP contribution in [0.1, 0.15) is 58.3 Å². The second-order valence-corrected chi connectivity index (χ2v) is 5.85. The van der Waals surface area contributed by atoms with Crippen molar-refractivity contribution in [2.75, 3.05) is 19.8 Å². The Morgan fingerprint density at radius 3 is 2.86 bits per heavy atom. The highest BCUT2D eigenvalue weighted by molar-refractivity contribution is 6.05. The molecule has 120 valence electrons. The van der Waals surface area contributed by atoms with E-state index in [0.717, 1.165) is 32.3 Å². The minimum absolute atomic E-state index is 0.0369. The van der Waals surface area contributed by atoms with Gasteiger partial charge in [0, 0.05) is 19.6 Å². The molecule has 0 aromatic rings. The van der Waals surface area contributed by atoms with Crippen LogP contribution in [0.15, 0.2) is 0 Å². The Labute approximate surface area is 126 Å². The molecular formula is C16H26O5. The second kappa shape index (κ2) is 7.90. The van der Waals surface area contributed by atoms with Gasteiger partial charge in [0.25, 0.3) is 0 Å². The Balaban J connectivity index is 1.79. The molecule has 2 unspecified atom stereocenters. The maximum atomic E-state index is 12.2. The Kier molecular flexibility index (Phi) is 6.18. The van der Waals surface area contributed by atoms with Gasteiger partial charge in [0.2, 0.25) is 0 Å². The zero-order valence-corrected chi connectivity index (χ0v) is 12.9. The van der Waals surface area contributed by atoms with Gasteiger partial charge in [0.1, 0.15) is 11.2 Å². The van der Waals surface area contributed by atoms with Crippen LogP contribution in [-0.2, 0) is 23.8 Å². The summed E-state index contributed by atoms with van der Waals surface area (Å²) in [6.45, 7) is 3.38. The highest BCUT2D eigenvalue weighted by atomic mass is 16.7. The third-order valence-corrected chi connectivity index (χ3v) is 4.40. The van der Waals surface area contributed by atoms with Gasteiger partial charge in [-0.1, -0.05) is 0 Å². The average molecular weight is 298 g/mol. The zero-order valence-electron chi connectivity index (χ0n) is 12.9. The first kappa shape index (κ1) is 16.4. The maximum Gasteiger partial charge on any atom is 0.319 e. The summed E-state index contributed by atoms with van der Waals surface area (Å²) < 4.78 is 16.3. The van der Waals surface area contributed by atoms with Gasteiger partial charge < -0.3 is 14.2 Å². The van der Waals surface area contributed by atoms with Gasteiger partial charge in [-0.05, 0) is 51.9 Å². The van der Waals surface area contributed by atoms with Crippen LogP contribution in [0, 0.1) is 5.41 Å². The van der Waals surface area contributed by atoms with Gasteiger partial charge in [0.15, 0.2) is 6.29 Å². The van der Waals surface area contributed by atoms with Crippen molar-refractivity contribution in [1.82, 2.24) is 0 Å². The summed E-state index contributed by atoms with van der Waals surface area (Å²) in [6, 6.07) is 0. The number of Topliss-reactive ketones (excluding diaryl/α,β-unsaturated/α-hetero) is 1. The van der Waals surface area contributed by atoms with E-state index in [0.29, 0.717) is 38.9 Å². The van der Waals surface area contributed by atoms with Gasteiger partial charge in [-0.3, -0.25) is 9.59 Å². The Morgan fingerprint density at radius 1 is 1.38 bits per heavy atom. The summed E-state index contributed by atoms with van der Waals surface area (Å²) in [7, 11) is 0. The third kappa shape index (κ3) is 4.04. The van der Waals surface area contributed by atoms with E-state index in [2.05, 4.69) is 0 Å². The summed E-state index contributed by atoms with van der Waals surface area (Å²) in [5.41, 5.74) is -0.910. The topological polar surface area (TPSA) is 61.8 Å². The van der Waals surface area contributed by atoms with Crippen molar-refractivity contribution >= 4 is 11.8 Å². The summed E-state index contributed by atoms with van der Waals surface area (Å²) >= 11 is 0. The summed E-state index contributed by atoms with van der Waals surface area (Å²) in [5, 5.41) is 0. The molecule has 0 radical (unpaired) electrons. The molecule has 5 nitrogen and oxygen atoms in total. The average Bonchev–Trinajstić information content (AvgIpc) is 2.87. The molecule has 0 N–H and O–H groups in total. The Hall–Kier alpha value is -0.940. The number of rotatable bonds is 7. The molecule has 0 bridgehead atoms. The monoisotopic (exact) mass is 298 g/mol. The van der Waals surface area contributed by atoms with Crippen molar-refractivity contribution in [1.29, 1.82) is 0 Å².